The fourth-order valence-corrected chi connectivity index (χ4v) is 3.35. The molecule has 7 heteroatoms. The van der Waals surface area contributed by atoms with Gasteiger partial charge in [-0.2, -0.15) is 0 Å². The van der Waals surface area contributed by atoms with Crippen molar-refractivity contribution in [1.82, 2.24) is 19.8 Å². The second kappa shape index (κ2) is 6.14. The van der Waals surface area contributed by atoms with Crippen LogP contribution in [0.15, 0.2) is 0 Å². The Hall–Kier alpha value is -2.18. The van der Waals surface area contributed by atoms with Gasteiger partial charge in [0.1, 0.15) is 11.6 Å². The highest BCUT2D eigenvalue weighted by molar-refractivity contribution is 5.74. The Kier molecular flexibility index (Phi) is 4.19. The third kappa shape index (κ3) is 3.00. The molecule has 1 saturated heterocycles. The second-order valence-corrected chi connectivity index (χ2v) is 6.25. The Labute approximate surface area is 136 Å². The van der Waals surface area contributed by atoms with Crippen LogP contribution in [0, 0.1) is 0 Å². The van der Waals surface area contributed by atoms with Crippen LogP contribution in [0.3, 0.4) is 0 Å². The Morgan fingerprint density at radius 1 is 1.13 bits per heavy atom. The van der Waals surface area contributed by atoms with Gasteiger partial charge in [0.25, 0.3) is 0 Å². The lowest BCUT2D eigenvalue weighted by atomic mass is 10.0. The molecule has 1 atom stereocenters. The molecular weight excluding hydrogens is 294 g/mol. The number of aromatic nitrogens is 2. The summed E-state index contributed by atoms with van der Waals surface area (Å²) in [6.45, 7) is 5.92. The van der Waals surface area contributed by atoms with E-state index in [4.69, 9.17) is 4.98 Å². The second-order valence-electron chi connectivity index (χ2n) is 6.25. The highest BCUT2D eigenvalue weighted by atomic mass is 16.2. The van der Waals surface area contributed by atoms with Crippen LogP contribution in [0.5, 0.6) is 0 Å². The van der Waals surface area contributed by atoms with Crippen LogP contribution in [0.1, 0.15) is 43.3 Å². The van der Waals surface area contributed by atoms with Gasteiger partial charge in [-0.25, -0.2) is 9.97 Å². The lowest BCUT2D eigenvalue weighted by Crippen LogP contribution is -2.35. The molecule has 0 radical (unpaired) electrons. The number of carbonyl (C=O) groups is 2. The SMILES string of the molecule is CNc1nc(C2CCN(C(C)=O)C2)nc2c1CN(C(C)=O)CC2. The molecule has 1 unspecified atom stereocenters. The van der Waals surface area contributed by atoms with Crippen molar-refractivity contribution >= 4 is 17.6 Å². The fourth-order valence-electron chi connectivity index (χ4n) is 3.35. The zero-order valence-electron chi connectivity index (χ0n) is 13.9. The van der Waals surface area contributed by atoms with Crippen molar-refractivity contribution in [3.8, 4) is 0 Å². The molecule has 2 aliphatic heterocycles. The number of fused-ring (bicyclic) bond motifs is 1. The number of hydrogen-bond donors (Lipinski definition) is 1. The number of rotatable bonds is 2. The van der Waals surface area contributed by atoms with Crippen LogP contribution >= 0.6 is 0 Å². The van der Waals surface area contributed by atoms with Crippen LogP contribution < -0.4 is 5.32 Å². The van der Waals surface area contributed by atoms with Crippen LogP contribution in [0.25, 0.3) is 0 Å². The third-order valence-corrected chi connectivity index (χ3v) is 4.76. The van der Waals surface area contributed by atoms with Gasteiger partial charge in [-0.15, -0.1) is 0 Å². The highest BCUT2D eigenvalue weighted by Crippen LogP contribution is 2.29. The number of nitrogens with one attached hydrogen (secondary N) is 1. The molecule has 7 nitrogen and oxygen atoms in total. The number of carbonyl (C=O) groups excluding carboxylic acids is 2. The average molecular weight is 317 g/mol. The normalized spacial score (nSPS) is 20.4. The van der Waals surface area contributed by atoms with Crippen molar-refractivity contribution in [2.45, 2.75) is 39.2 Å². The summed E-state index contributed by atoms with van der Waals surface area (Å²) < 4.78 is 0. The number of likely N-dealkylation sites (tertiary alicyclic amines) is 1. The van der Waals surface area contributed by atoms with E-state index in [2.05, 4.69) is 10.3 Å². The molecule has 23 heavy (non-hydrogen) atoms. The summed E-state index contributed by atoms with van der Waals surface area (Å²) in [6, 6.07) is 0. The lowest BCUT2D eigenvalue weighted by Gasteiger charge is -2.29. The minimum atomic E-state index is 0.0784. The minimum absolute atomic E-state index is 0.0784. The zero-order valence-corrected chi connectivity index (χ0v) is 13.9. The lowest BCUT2D eigenvalue weighted by molar-refractivity contribution is -0.130. The van der Waals surface area contributed by atoms with E-state index in [1.165, 1.54) is 0 Å². The first-order valence-electron chi connectivity index (χ1n) is 8.08. The summed E-state index contributed by atoms with van der Waals surface area (Å²) in [5, 5.41) is 3.14. The van der Waals surface area contributed by atoms with Crippen molar-refractivity contribution in [3.63, 3.8) is 0 Å². The van der Waals surface area contributed by atoms with E-state index < -0.39 is 0 Å². The van der Waals surface area contributed by atoms with E-state index in [0.717, 1.165) is 42.3 Å². The van der Waals surface area contributed by atoms with Crippen molar-refractivity contribution in [1.29, 1.82) is 0 Å². The number of amides is 2. The van der Waals surface area contributed by atoms with Crippen molar-refractivity contribution in [2.24, 2.45) is 0 Å². The van der Waals surface area contributed by atoms with Gasteiger partial charge in [0.2, 0.25) is 11.8 Å². The Morgan fingerprint density at radius 2 is 1.87 bits per heavy atom. The summed E-state index contributed by atoms with van der Waals surface area (Å²) in [5.41, 5.74) is 2.04. The van der Waals surface area contributed by atoms with Gasteiger partial charge < -0.3 is 15.1 Å². The molecule has 1 N–H and O–H groups in total. The molecule has 0 spiro atoms. The summed E-state index contributed by atoms with van der Waals surface area (Å²) in [5.74, 6) is 2.00. The first kappa shape index (κ1) is 15.7. The quantitative estimate of drug-likeness (QED) is 0.871. The van der Waals surface area contributed by atoms with Crippen LogP contribution in [0.2, 0.25) is 0 Å². The standard InChI is InChI=1S/C16H23N5O2/c1-10(22)20-6-4-12(8-20)15-18-14-5-7-21(11(2)23)9-13(14)16(17-3)19-15/h12H,4-9H2,1-3H3,(H,17,18,19). The van der Waals surface area contributed by atoms with E-state index >= 15 is 0 Å². The third-order valence-electron chi connectivity index (χ3n) is 4.76. The first-order chi connectivity index (χ1) is 11.0. The molecule has 1 fully saturated rings. The van der Waals surface area contributed by atoms with E-state index in [0.29, 0.717) is 19.6 Å². The molecule has 3 heterocycles. The van der Waals surface area contributed by atoms with Gasteiger partial charge in [0.15, 0.2) is 0 Å². The van der Waals surface area contributed by atoms with Crippen molar-refractivity contribution in [3.05, 3.63) is 17.1 Å². The molecule has 2 aliphatic rings. The molecule has 124 valence electrons. The molecular formula is C16H23N5O2. The van der Waals surface area contributed by atoms with Gasteiger partial charge in [-0.3, -0.25) is 9.59 Å². The topological polar surface area (TPSA) is 78.4 Å². The van der Waals surface area contributed by atoms with Crippen LogP contribution in [-0.4, -0.2) is 58.3 Å². The predicted molar refractivity (Wildman–Crippen MR) is 86.0 cm³/mol. The molecule has 2 amide bonds. The van der Waals surface area contributed by atoms with E-state index in [1.807, 2.05) is 16.8 Å². The maximum Gasteiger partial charge on any atom is 0.219 e. The van der Waals surface area contributed by atoms with Gasteiger partial charge in [-0.05, 0) is 6.42 Å². The summed E-state index contributed by atoms with van der Waals surface area (Å²) in [4.78, 5) is 36.2. The largest absolute Gasteiger partial charge is 0.373 e. The van der Waals surface area contributed by atoms with E-state index in [9.17, 15) is 9.59 Å². The Morgan fingerprint density at radius 3 is 2.48 bits per heavy atom. The number of nitrogens with zero attached hydrogens (tertiary/aromatic N) is 4. The van der Waals surface area contributed by atoms with E-state index in [-0.39, 0.29) is 17.7 Å². The Balaban J connectivity index is 1.88. The molecule has 0 bridgehead atoms. The number of hydrogen-bond acceptors (Lipinski definition) is 5. The fraction of sp³-hybridized carbons (Fsp3) is 0.625. The summed E-state index contributed by atoms with van der Waals surface area (Å²) in [7, 11) is 1.84. The molecule has 0 aromatic carbocycles. The summed E-state index contributed by atoms with van der Waals surface area (Å²) in [6.07, 6.45) is 1.66. The molecule has 1 aromatic heterocycles. The highest BCUT2D eigenvalue weighted by Gasteiger charge is 2.30. The molecule has 0 saturated carbocycles. The molecule has 3 rings (SSSR count). The van der Waals surface area contributed by atoms with Crippen molar-refractivity contribution in [2.75, 3.05) is 32.0 Å². The van der Waals surface area contributed by atoms with Crippen molar-refractivity contribution < 1.29 is 9.59 Å². The van der Waals surface area contributed by atoms with Crippen LogP contribution in [-0.2, 0) is 22.6 Å². The monoisotopic (exact) mass is 317 g/mol. The maximum absolute atomic E-state index is 11.6. The summed E-state index contributed by atoms with van der Waals surface area (Å²) >= 11 is 0. The zero-order chi connectivity index (χ0) is 16.6. The van der Waals surface area contributed by atoms with Gasteiger partial charge in [-0.1, -0.05) is 0 Å². The predicted octanol–water partition coefficient (Wildman–Crippen LogP) is 0.759. The molecule has 1 aromatic rings. The van der Waals surface area contributed by atoms with Gasteiger partial charge in [0, 0.05) is 58.4 Å². The van der Waals surface area contributed by atoms with E-state index in [1.54, 1.807) is 13.8 Å². The molecule has 0 aliphatic carbocycles. The number of anilines is 1. The van der Waals surface area contributed by atoms with Gasteiger partial charge in [0.05, 0.1) is 12.2 Å². The van der Waals surface area contributed by atoms with Crippen LogP contribution in [0.4, 0.5) is 5.82 Å². The first-order valence-corrected chi connectivity index (χ1v) is 8.08. The Bertz CT molecular complexity index is 628. The maximum atomic E-state index is 11.6. The smallest absolute Gasteiger partial charge is 0.219 e. The minimum Gasteiger partial charge on any atom is -0.373 e. The van der Waals surface area contributed by atoms with Gasteiger partial charge >= 0.3 is 0 Å². The average Bonchev–Trinajstić information content (AvgIpc) is 3.03.